The second-order valence-corrected chi connectivity index (χ2v) is 9.15. The zero-order chi connectivity index (χ0) is 25.4. The van der Waals surface area contributed by atoms with Crippen molar-refractivity contribution in [1.82, 2.24) is 10.2 Å². The number of benzene rings is 3. The Morgan fingerprint density at radius 2 is 1.60 bits per heavy atom. The first kappa shape index (κ1) is 26.3. The maximum absolute atomic E-state index is 13.6. The molecule has 35 heavy (non-hydrogen) atoms. The van der Waals surface area contributed by atoms with Crippen LogP contribution in [0.1, 0.15) is 34.7 Å². The number of carbonyl (C=O) groups is 2. The summed E-state index contributed by atoms with van der Waals surface area (Å²) >= 11 is 6.27. The number of halogens is 1. The van der Waals surface area contributed by atoms with Gasteiger partial charge in [0.15, 0.2) is 6.61 Å². The smallest absolute Gasteiger partial charge is 0.261 e. The highest BCUT2D eigenvalue weighted by molar-refractivity contribution is 6.32. The molecule has 0 saturated heterocycles. The second kappa shape index (κ2) is 12.4. The fourth-order valence-corrected chi connectivity index (χ4v) is 4.18. The van der Waals surface area contributed by atoms with Crippen molar-refractivity contribution in [2.45, 2.75) is 46.7 Å². The van der Waals surface area contributed by atoms with Gasteiger partial charge in [0.1, 0.15) is 11.8 Å². The summed E-state index contributed by atoms with van der Waals surface area (Å²) in [4.78, 5) is 28.4. The summed E-state index contributed by atoms with van der Waals surface area (Å²) in [6, 6.07) is 20.7. The number of likely N-dealkylation sites (N-methyl/N-ethyl adjacent to an activating group) is 1. The first-order chi connectivity index (χ1) is 16.8. The molecule has 3 rings (SSSR count). The molecule has 0 spiro atoms. The van der Waals surface area contributed by atoms with Crippen LogP contribution >= 0.6 is 11.6 Å². The first-order valence-corrected chi connectivity index (χ1v) is 12.2. The normalized spacial score (nSPS) is 11.6. The molecular formula is C29H33ClN2O3. The standard InChI is InChI=1S/C29H33ClN2O3/c1-5-31-29(34)26(17-23-11-7-6-8-12-23)32(18-24-13-9-10-20(2)14-24)27(33)19-35-25-15-21(3)28(30)22(4)16-25/h6-16,26H,5,17-19H2,1-4H3,(H,31,34)/t26-/m0/s1. The van der Waals surface area contributed by atoms with Gasteiger partial charge in [-0.2, -0.15) is 0 Å². The van der Waals surface area contributed by atoms with E-state index in [-0.39, 0.29) is 18.4 Å². The van der Waals surface area contributed by atoms with Gasteiger partial charge in [0, 0.05) is 24.5 Å². The molecule has 0 bridgehead atoms. The molecule has 3 aromatic carbocycles. The Morgan fingerprint density at radius 1 is 0.943 bits per heavy atom. The Kier molecular flexibility index (Phi) is 9.32. The third-order valence-electron chi connectivity index (χ3n) is 5.83. The predicted molar refractivity (Wildman–Crippen MR) is 141 cm³/mol. The number of hydrogen-bond donors (Lipinski definition) is 1. The molecule has 0 heterocycles. The van der Waals surface area contributed by atoms with E-state index in [9.17, 15) is 9.59 Å². The van der Waals surface area contributed by atoms with Gasteiger partial charge in [0.05, 0.1) is 0 Å². The van der Waals surface area contributed by atoms with E-state index < -0.39 is 6.04 Å². The lowest BCUT2D eigenvalue weighted by molar-refractivity contribution is -0.142. The zero-order valence-corrected chi connectivity index (χ0v) is 21.6. The molecule has 0 aliphatic rings. The fraction of sp³-hybridized carbons (Fsp3) is 0.310. The molecule has 3 aromatic rings. The minimum Gasteiger partial charge on any atom is -0.484 e. The van der Waals surface area contributed by atoms with Crippen LogP contribution in [-0.4, -0.2) is 35.9 Å². The fourth-order valence-electron chi connectivity index (χ4n) is 4.07. The second-order valence-electron chi connectivity index (χ2n) is 8.77. The van der Waals surface area contributed by atoms with Crippen molar-refractivity contribution in [2.75, 3.05) is 13.2 Å². The van der Waals surface area contributed by atoms with E-state index in [2.05, 4.69) is 5.32 Å². The summed E-state index contributed by atoms with van der Waals surface area (Å²) in [6.07, 6.45) is 0.406. The lowest BCUT2D eigenvalue weighted by atomic mass is 10.0. The number of aryl methyl sites for hydroxylation is 3. The number of nitrogens with zero attached hydrogens (tertiary/aromatic N) is 1. The molecule has 0 radical (unpaired) electrons. The van der Waals surface area contributed by atoms with Crippen LogP contribution in [0.5, 0.6) is 5.75 Å². The highest BCUT2D eigenvalue weighted by Gasteiger charge is 2.30. The van der Waals surface area contributed by atoms with Gasteiger partial charge < -0.3 is 15.0 Å². The predicted octanol–water partition coefficient (Wildman–Crippen LogP) is 5.42. The lowest BCUT2D eigenvalue weighted by Crippen LogP contribution is -2.51. The van der Waals surface area contributed by atoms with Gasteiger partial charge in [-0.1, -0.05) is 71.8 Å². The molecule has 5 nitrogen and oxygen atoms in total. The third-order valence-corrected chi connectivity index (χ3v) is 6.43. The van der Waals surface area contributed by atoms with Gasteiger partial charge in [-0.25, -0.2) is 0 Å². The van der Waals surface area contributed by atoms with E-state index in [1.165, 1.54) is 0 Å². The maximum Gasteiger partial charge on any atom is 0.261 e. The molecule has 0 aliphatic carbocycles. The summed E-state index contributed by atoms with van der Waals surface area (Å²) in [7, 11) is 0. The van der Waals surface area contributed by atoms with E-state index in [0.717, 1.165) is 27.8 Å². The van der Waals surface area contributed by atoms with Crippen molar-refractivity contribution in [3.63, 3.8) is 0 Å². The van der Waals surface area contributed by atoms with Gasteiger partial charge >= 0.3 is 0 Å². The third kappa shape index (κ3) is 7.33. The van der Waals surface area contributed by atoms with Crippen molar-refractivity contribution in [1.29, 1.82) is 0 Å². The van der Waals surface area contributed by atoms with Gasteiger partial charge in [-0.05, 0) is 62.1 Å². The van der Waals surface area contributed by atoms with Crippen LogP contribution < -0.4 is 10.1 Å². The van der Waals surface area contributed by atoms with Crippen LogP contribution in [0, 0.1) is 20.8 Å². The van der Waals surface area contributed by atoms with Gasteiger partial charge in [0.2, 0.25) is 5.91 Å². The van der Waals surface area contributed by atoms with Crippen LogP contribution in [0.25, 0.3) is 0 Å². The van der Waals surface area contributed by atoms with Gasteiger partial charge in [-0.3, -0.25) is 9.59 Å². The Bertz CT molecular complexity index is 1140. The van der Waals surface area contributed by atoms with Crippen molar-refractivity contribution in [2.24, 2.45) is 0 Å². The van der Waals surface area contributed by atoms with E-state index in [0.29, 0.717) is 30.3 Å². The summed E-state index contributed by atoms with van der Waals surface area (Å²) < 4.78 is 5.89. The van der Waals surface area contributed by atoms with Crippen LogP contribution in [0.2, 0.25) is 5.02 Å². The Morgan fingerprint density at radius 3 is 2.23 bits per heavy atom. The van der Waals surface area contributed by atoms with Crippen LogP contribution in [0.4, 0.5) is 0 Å². The number of rotatable bonds is 10. The highest BCUT2D eigenvalue weighted by atomic mass is 35.5. The summed E-state index contributed by atoms with van der Waals surface area (Å²) in [6.45, 7) is 8.29. The number of nitrogens with one attached hydrogen (secondary N) is 1. The van der Waals surface area contributed by atoms with Crippen LogP contribution in [0.15, 0.2) is 66.7 Å². The summed E-state index contributed by atoms with van der Waals surface area (Å²) in [5.74, 6) is 0.130. The average Bonchev–Trinajstić information content (AvgIpc) is 2.84. The molecule has 0 unspecified atom stereocenters. The Hall–Kier alpha value is -3.31. The largest absolute Gasteiger partial charge is 0.484 e. The van der Waals surface area contributed by atoms with Crippen molar-refractivity contribution in [3.05, 3.63) is 99.6 Å². The van der Waals surface area contributed by atoms with Crippen LogP contribution in [0.3, 0.4) is 0 Å². The molecule has 1 N–H and O–H groups in total. The van der Waals surface area contributed by atoms with Gasteiger partial charge in [-0.15, -0.1) is 0 Å². The van der Waals surface area contributed by atoms with E-state index in [1.807, 2.05) is 94.4 Å². The summed E-state index contributed by atoms with van der Waals surface area (Å²) in [5.41, 5.74) is 4.80. The quantitative estimate of drug-likeness (QED) is 0.411. The molecule has 0 saturated carbocycles. The average molecular weight is 493 g/mol. The Labute approximate surface area is 213 Å². The Balaban J connectivity index is 1.90. The van der Waals surface area contributed by atoms with Gasteiger partial charge in [0.25, 0.3) is 5.91 Å². The minimum atomic E-state index is -0.678. The van der Waals surface area contributed by atoms with Crippen LogP contribution in [-0.2, 0) is 22.6 Å². The molecule has 1 atom stereocenters. The van der Waals surface area contributed by atoms with E-state index in [1.54, 1.807) is 4.90 Å². The first-order valence-electron chi connectivity index (χ1n) is 11.8. The molecule has 0 aliphatic heterocycles. The summed E-state index contributed by atoms with van der Waals surface area (Å²) in [5, 5.41) is 3.59. The number of carbonyl (C=O) groups excluding carboxylic acids is 2. The lowest BCUT2D eigenvalue weighted by Gasteiger charge is -2.31. The molecule has 2 amide bonds. The molecule has 6 heteroatoms. The SMILES string of the molecule is CCNC(=O)[C@H](Cc1ccccc1)N(Cc1cccc(C)c1)C(=O)COc1cc(C)c(Cl)c(C)c1. The van der Waals surface area contributed by atoms with E-state index >= 15 is 0 Å². The van der Waals surface area contributed by atoms with Crippen molar-refractivity contribution >= 4 is 23.4 Å². The molecule has 0 fully saturated rings. The number of amides is 2. The van der Waals surface area contributed by atoms with Crippen molar-refractivity contribution < 1.29 is 14.3 Å². The topological polar surface area (TPSA) is 58.6 Å². The van der Waals surface area contributed by atoms with Crippen molar-refractivity contribution in [3.8, 4) is 5.75 Å². The number of hydrogen-bond acceptors (Lipinski definition) is 3. The zero-order valence-electron chi connectivity index (χ0n) is 20.8. The van der Waals surface area contributed by atoms with E-state index in [4.69, 9.17) is 16.3 Å². The molecule has 184 valence electrons. The molecule has 0 aromatic heterocycles. The number of ether oxygens (including phenoxy) is 1. The minimum absolute atomic E-state index is 0.184. The maximum atomic E-state index is 13.6. The monoisotopic (exact) mass is 492 g/mol. The molecular weight excluding hydrogens is 460 g/mol. The highest BCUT2D eigenvalue weighted by Crippen LogP contribution is 2.26.